The van der Waals surface area contributed by atoms with Crippen LogP contribution in [0.15, 0.2) is 12.1 Å². The lowest BCUT2D eigenvalue weighted by molar-refractivity contribution is 0.0797. The minimum Gasteiger partial charge on any atom is -0.493 e. The number of benzene rings is 1. The molecule has 0 aromatic heterocycles. The fourth-order valence-electron chi connectivity index (χ4n) is 3.15. The third kappa shape index (κ3) is 5.02. The summed E-state index contributed by atoms with van der Waals surface area (Å²) in [6.07, 6.45) is 3.75. The van der Waals surface area contributed by atoms with Crippen molar-refractivity contribution in [1.29, 1.82) is 0 Å². The Morgan fingerprint density at radius 1 is 1.28 bits per heavy atom. The Labute approximate surface area is 155 Å². The summed E-state index contributed by atoms with van der Waals surface area (Å²) < 4.78 is 10.8. The monoisotopic (exact) mass is 368 g/mol. The lowest BCUT2D eigenvalue weighted by Crippen LogP contribution is -2.53. The van der Waals surface area contributed by atoms with Gasteiger partial charge in [0.2, 0.25) is 0 Å². The third-order valence-electron chi connectivity index (χ3n) is 4.67. The molecule has 1 N–H and O–H groups in total. The number of carbonyl (C=O) groups is 1. The molecule has 5 nitrogen and oxygen atoms in total. The number of carbonyl (C=O) groups excluding carboxylic acids is 1. The molecule has 0 atom stereocenters. The van der Waals surface area contributed by atoms with Gasteiger partial charge in [-0.2, -0.15) is 0 Å². The van der Waals surface area contributed by atoms with Gasteiger partial charge in [-0.25, -0.2) is 0 Å². The van der Waals surface area contributed by atoms with Crippen LogP contribution >= 0.6 is 11.6 Å². The largest absolute Gasteiger partial charge is 0.493 e. The highest BCUT2D eigenvalue weighted by atomic mass is 35.5. The van der Waals surface area contributed by atoms with Crippen LogP contribution in [0.4, 0.5) is 0 Å². The van der Waals surface area contributed by atoms with Crippen LogP contribution in [0.2, 0.25) is 5.02 Å². The first kappa shape index (κ1) is 19.9. The Morgan fingerprint density at radius 3 is 2.56 bits per heavy atom. The zero-order valence-corrected chi connectivity index (χ0v) is 16.4. The van der Waals surface area contributed by atoms with Gasteiger partial charge in [0.25, 0.3) is 5.91 Å². The molecule has 1 aromatic rings. The van der Waals surface area contributed by atoms with Gasteiger partial charge < -0.3 is 14.8 Å². The molecule has 25 heavy (non-hydrogen) atoms. The quantitative estimate of drug-likeness (QED) is 0.796. The number of hydrogen-bond donors (Lipinski definition) is 1. The second kappa shape index (κ2) is 8.77. The van der Waals surface area contributed by atoms with Crippen LogP contribution in [0.5, 0.6) is 11.5 Å². The van der Waals surface area contributed by atoms with Crippen molar-refractivity contribution in [3.05, 3.63) is 22.7 Å². The summed E-state index contributed by atoms with van der Waals surface area (Å²) in [4.78, 5) is 15.0. The van der Waals surface area contributed by atoms with Gasteiger partial charge in [-0.15, -0.1) is 0 Å². The summed E-state index contributed by atoms with van der Waals surface area (Å²) in [5.74, 6) is 0.778. The molecule has 0 unspecified atom stereocenters. The molecular formula is C19H29ClN2O3. The molecule has 1 saturated heterocycles. The number of ether oxygens (including phenoxy) is 2. The number of nitrogens with one attached hydrogen (secondary N) is 1. The number of amides is 1. The van der Waals surface area contributed by atoms with Crippen LogP contribution in [0.3, 0.4) is 0 Å². The minimum atomic E-state index is -0.159. The number of nitrogens with zero attached hydrogens (tertiary/aromatic N) is 1. The molecule has 1 aromatic carbocycles. The molecule has 0 saturated carbocycles. The van der Waals surface area contributed by atoms with Crippen LogP contribution in [-0.4, -0.2) is 49.7 Å². The fourth-order valence-corrected chi connectivity index (χ4v) is 3.41. The molecular weight excluding hydrogens is 340 g/mol. The van der Waals surface area contributed by atoms with Crippen molar-refractivity contribution >= 4 is 17.5 Å². The van der Waals surface area contributed by atoms with Crippen LogP contribution in [-0.2, 0) is 0 Å². The zero-order valence-electron chi connectivity index (χ0n) is 15.7. The number of halogens is 1. The second-order valence-electron chi connectivity index (χ2n) is 6.97. The predicted octanol–water partition coefficient (Wildman–Crippen LogP) is 3.74. The Balaban J connectivity index is 2.06. The van der Waals surface area contributed by atoms with E-state index in [0.717, 1.165) is 13.1 Å². The maximum atomic E-state index is 12.6. The number of methoxy groups -OCH3 is 1. The number of piperidine rings is 1. The standard InChI is InChI=1S/C19H29ClN2O3/c1-5-25-17-15(20)11-14(12-16(17)24-4)18(23)21-13-19(2,3)22-9-7-6-8-10-22/h11-12H,5-10,13H2,1-4H3,(H,21,23). The van der Waals surface area contributed by atoms with Gasteiger partial charge >= 0.3 is 0 Å². The van der Waals surface area contributed by atoms with E-state index in [-0.39, 0.29) is 11.4 Å². The van der Waals surface area contributed by atoms with Gasteiger partial charge in [0.1, 0.15) is 0 Å². The molecule has 140 valence electrons. The number of likely N-dealkylation sites (tertiary alicyclic amines) is 1. The van der Waals surface area contributed by atoms with Crippen molar-refractivity contribution in [2.45, 2.75) is 45.6 Å². The summed E-state index contributed by atoms with van der Waals surface area (Å²) in [6, 6.07) is 3.29. The molecule has 0 aliphatic carbocycles. The van der Waals surface area contributed by atoms with Gasteiger partial charge in [0.15, 0.2) is 11.5 Å². The van der Waals surface area contributed by atoms with Crippen molar-refractivity contribution in [3.8, 4) is 11.5 Å². The van der Waals surface area contributed by atoms with Crippen molar-refractivity contribution in [1.82, 2.24) is 10.2 Å². The number of hydrogen-bond acceptors (Lipinski definition) is 4. The van der Waals surface area contributed by atoms with E-state index in [1.807, 2.05) is 6.92 Å². The summed E-state index contributed by atoms with van der Waals surface area (Å²) >= 11 is 6.25. The molecule has 2 rings (SSSR count). The lowest BCUT2D eigenvalue weighted by atomic mass is 9.98. The summed E-state index contributed by atoms with van der Waals surface area (Å²) in [5, 5.41) is 3.41. The molecule has 1 aliphatic rings. The third-order valence-corrected chi connectivity index (χ3v) is 4.95. The van der Waals surface area contributed by atoms with Crippen LogP contribution in [0.1, 0.15) is 50.4 Å². The summed E-state index contributed by atoms with van der Waals surface area (Å²) in [7, 11) is 1.54. The zero-order chi connectivity index (χ0) is 18.4. The molecule has 0 spiro atoms. The first-order valence-corrected chi connectivity index (χ1v) is 9.30. The molecule has 0 radical (unpaired) electrons. The minimum absolute atomic E-state index is 0.0742. The van der Waals surface area contributed by atoms with Gasteiger partial charge in [-0.3, -0.25) is 9.69 Å². The molecule has 1 aliphatic heterocycles. The predicted molar refractivity (Wildman–Crippen MR) is 101 cm³/mol. The van der Waals surface area contributed by atoms with E-state index in [9.17, 15) is 4.79 Å². The highest BCUT2D eigenvalue weighted by Crippen LogP contribution is 2.36. The first-order valence-electron chi connectivity index (χ1n) is 8.92. The topological polar surface area (TPSA) is 50.8 Å². The van der Waals surface area contributed by atoms with Crippen LogP contribution < -0.4 is 14.8 Å². The average Bonchev–Trinajstić information content (AvgIpc) is 2.62. The van der Waals surface area contributed by atoms with Gasteiger partial charge in [0, 0.05) is 17.6 Å². The van der Waals surface area contributed by atoms with Gasteiger partial charge in [-0.1, -0.05) is 18.0 Å². The van der Waals surface area contributed by atoms with Gasteiger partial charge in [-0.05, 0) is 58.8 Å². The van der Waals surface area contributed by atoms with E-state index < -0.39 is 0 Å². The Kier molecular flexibility index (Phi) is 6.96. The smallest absolute Gasteiger partial charge is 0.251 e. The fraction of sp³-hybridized carbons (Fsp3) is 0.632. The molecule has 6 heteroatoms. The highest BCUT2D eigenvalue weighted by Gasteiger charge is 2.28. The van der Waals surface area contributed by atoms with Crippen LogP contribution in [0, 0.1) is 0 Å². The van der Waals surface area contributed by atoms with E-state index in [1.165, 1.54) is 26.4 Å². The van der Waals surface area contributed by atoms with E-state index in [0.29, 0.717) is 35.2 Å². The first-order chi connectivity index (χ1) is 11.9. The van der Waals surface area contributed by atoms with Gasteiger partial charge in [0.05, 0.1) is 18.7 Å². The van der Waals surface area contributed by atoms with Crippen LogP contribution in [0.25, 0.3) is 0 Å². The van der Waals surface area contributed by atoms with Crippen molar-refractivity contribution in [3.63, 3.8) is 0 Å². The van der Waals surface area contributed by atoms with E-state index in [1.54, 1.807) is 12.1 Å². The molecule has 0 bridgehead atoms. The number of rotatable bonds is 7. The van der Waals surface area contributed by atoms with E-state index >= 15 is 0 Å². The lowest BCUT2D eigenvalue weighted by Gasteiger charge is -2.41. The average molecular weight is 369 g/mol. The summed E-state index contributed by atoms with van der Waals surface area (Å²) in [6.45, 7) is 9.45. The van der Waals surface area contributed by atoms with E-state index in [2.05, 4.69) is 24.1 Å². The molecule has 1 fully saturated rings. The molecule has 1 heterocycles. The Bertz CT molecular complexity index is 599. The highest BCUT2D eigenvalue weighted by molar-refractivity contribution is 6.32. The van der Waals surface area contributed by atoms with Crippen molar-refractivity contribution in [2.75, 3.05) is 33.4 Å². The van der Waals surface area contributed by atoms with Crippen molar-refractivity contribution < 1.29 is 14.3 Å². The van der Waals surface area contributed by atoms with Crippen molar-refractivity contribution in [2.24, 2.45) is 0 Å². The normalized spacial score (nSPS) is 15.7. The SMILES string of the molecule is CCOc1c(Cl)cc(C(=O)NCC(C)(C)N2CCCCC2)cc1OC. The Hall–Kier alpha value is -1.46. The maximum Gasteiger partial charge on any atom is 0.251 e. The molecule has 1 amide bonds. The summed E-state index contributed by atoms with van der Waals surface area (Å²) in [5.41, 5.74) is 0.398. The van der Waals surface area contributed by atoms with E-state index in [4.69, 9.17) is 21.1 Å². The Morgan fingerprint density at radius 2 is 1.96 bits per heavy atom. The maximum absolute atomic E-state index is 12.6. The second-order valence-corrected chi connectivity index (χ2v) is 7.37.